The van der Waals surface area contributed by atoms with Gasteiger partial charge in [0, 0.05) is 0 Å². The number of carboxylic acid groups (broad SMARTS) is 1. The fourth-order valence-corrected chi connectivity index (χ4v) is 4.69. The first-order valence-electron chi connectivity index (χ1n) is 13.7. The number of carbonyl (C=O) groups is 2. The number of rotatable bonds is 20. The van der Waals surface area contributed by atoms with Crippen LogP contribution in [-0.2, 0) is 14.3 Å². The molecule has 4 heteroatoms. The van der Waals surface area contributed by atoms with E-state index in [-0.39, 0.29) is 5.97 Å². The third-order valence-corrected chi connectivity index (χ3v) is 6.79. The lowest BCUT2D eigenvalue weighted by Crippen LogP contribution is -2.33. The van der Waals surface area contributed by atoms with Gasteiger partial charge in [0.25, 0.3) is 0 Å². The summed E-state index contributed by atoms with van der Waals surface area (Å²) in [6.45, 7) is 2.71. The summed E-state index contributed by atoms with van der Waals surface area (Å²) in [5.41, 5.74) is 0. The van der Waals surface area contributed by atoms with Gasteiger partial charge in [0.05, 0.1) is 18.4 Å². The van der Waals surface area contributed by atoms with Crippen LogP contribution in [0.1, 0.15) is 135 Å². The van der Waals surface area contributed by atoms with Crippen molar-refractivity contribution in [1.29, 1.82) is 0 Å². The number of allylic oxidation sites excluding steroid dienone is 2. The first-order valence-corrected chi connectivity index (χ1v) is 13.7. The highest BCUT2D eigenvalue weighted by atomic mass is 16.5. The number of ether oxygens (including phenoxy) is 1. The maximum Gasteiger partial charge on any atom is 0.309 e. The summed E-state index contributed by atoms with van der Waals surface area (Å²) in [6, 6.07) is 0. The van der Waals surface area contributed by atoms with Gasteiger partial charge in [0.2, 0.25) is 0 Å². The smallest absolute Gasteiger partial charge is 0.309 e. The molecule has 0 saturated heterocycles. The van der Waals surface area contributed by atoms with E-state index in [4.69, 9.17) is 4.74 Å². The Bertz CT molecular complexity index is 500. The van der Waals surface area contributed by atoms with Crippen LogP contribution in [0, 0.1) is 11.8 Å². The second kappa shape index (κ2) is 20.3. The zero-order chi connectivity index (χ0) is 23.3. The van der Waals surface area contributed by atoms with Gasteiger partial charge in [-0.05, 0) is 44.9 Å². The summed E-state index contributed by atoms with van der Waals surface area (Å²) in [4.78, 5) is 23.5. The summed E-state index contributed by atoms with van der Waals surface area (Å²) in [5, 5.41) is 9.28. The van der Waals surface area contributed by atoms with E-state index >= 15 is 0 Å². The number of aliphatic carboxylic acids is 1. The average molecular weight is 451 g/mol. The van der Waals surface area contributed by atoms with Crippen LogP contribution in [0.2, 0.25) is 0 Å². The molecule has 2 atom stereocenters. The molecule has 1 fully saturated rings. The zero-order valence-corrected chi connectivity index (χ0v) is 20.8. The monoisotopic (exact) mass is 450 g/mol. The minimum absolute atomic E-state index is 0.294. The van der Waals surface area contributed by atoms with E-state index in [1.54, 1.807) is 0 Å². The summed E-state index contributed by atoms with van der Waals surface area (Å²) in [6.07, 6.45) is 28.3. The van der Waals surface area contributed by atoms with Crippen LogP contribution in [0.5, 0.6) is 0 Å². The Labute approximate surface area is 197 Å². The average Bonchev–Trinajstić information content (AvgIpc) is 2.80. The summed E-state index contributed by atoms with van der Waals surface area (Å²) >= 11 is 0. The van der Waals surface area contributed by atoms with E-state index in [1.807, 2.05) is 0 Å². The molecule has 0 heterocycles. The van der Waals surface area contributed by atoms with E-state index < -0.39 is 17.8 Å². The van der Waals surface area contributed by atoms with E-state index in [0.717, 1.165) is 25.7 Å². The first-order chi connectivity index (χ1) is 15.7. The molecule has 0 radical (unpaired) electrons. The largest absolute Gasteiger partial charge is 0.481 e. The van der Waals surface area contributed by atoms with Gasteiger partial charge in [0.1, 0.15) is 0 Å². The predicted octanol–water partition coefficient (Wildman–Crippen LogP) is 8.24. The molecule has 1 aliphatic carbocycles. The van der Waals surface area contributed by atoms with E-state index in [0.29, 0.717) is 19.4 Å². The van der Waals surface area contributed by atoms with Gasteiger partial charge in [-0.15, -0.1) is 0 Å². The normalized spacial score (nSPS) is 18.8. The van der Waals surface area contributed by atoms with Crippen molar-refractivity contribution >= 4 is 11.9 Å². The van der Waals surface area contributed by atoms with Crippen molar-refractivity contribution in [2.75, 3.05) is 6.61 Å². The minimum Gasteiger partial charge on any atom is -0.481 e. The third-order valence-electron chi connectivity index (χ3n) is 6.79. The lowest BCUT2D eigenvalue weighted by atomic mass is 9.79. The Hall–Kier alpha value is -1.32. The zero-order valence-electron chi connectivity index (χ0n) is 20.8. The molecule has 4 nitrogen and oxygen atoms in total. The standard InChI is InChI=1S/C28H50O4/c1-2-3-4-5-6-7-8-9-10-11-12-13-14-15-16-17-18-21-24-32-28(31)26-23-20-19-22-25(26)27(29)30/h10-11,25-26H,2-9,12-24H2,1H3,(H,29,30)/b11-10+. The fraction of sp³-hybridized carbons (Fsp3) is 0.857. The van der Waals surface area contributed by atoms with Crippen molar-refractivity contribution in [1.82, 2.24) is 0 Å². The molecule has 186 valence electrons. The number of hydrogen-bond donors (Lipinski definition) is 1. The molecule has 0 aliphatic heterocycles. The molecule has 1 rings (SSSR count). The van der Waals surface area contributed by atoms with Crippen molar-refractivity contribution in [2.24, 2.45) is 11.8 Å². The number of carboxylic acids is 1. The molecule has 1 saturated carbocycles. The van der Waals surface area contributed by atoms with Gasteiger partial charge < -0.3 is 9.84 Å². The summed E-state index contributed by atoms with van der Waals surface area (Å²) in [7, 11) is 0. The van der Waals surface area contributed by atoms with Gasteiger partial charge in [-0.2, -0.15) is 0 Å². The Morgan fingerprint density at radius 2 is 1.19 bits per heavy atom. The highest BCUT2D eigenvalue weighted by Crippen LogP contribution is 2.31. The molecule has 1 N–H and O–H groups in total. The number of hydrogen-bond acceptors (Lipinski definition) is 3. The van der Waals surface area contributed by atoms with Crippen LogP contribution in [-0.4, -0.2) is 23.7 Å². The molecule has 1 aliphatic rings. The van der Waals surface area contributed by atoms with Crippen LogP contribution in [0.4, 0.5) is 0 Å². The Kier molecular flexibility index (Phi) is 18.2. The fourth-order valence-electron chi connectivity index (χ4n) is 4.69. The minimum atomic E-state index is -0.852. The molecule has 0 spiro atoms. The molecule has 0 aromatic rings. The second-order valence-corrected chi connectivity index (χ2v) is 9.65. The van der Waals surface area contributed by atoms with Gasteiger partial charge >= 0.3 is 11.9 Å². The van der Waals surface area contributed by atoms with Crippen LogP contribution in [0.3, 0.4) is 0 Å². The van der Waals surface area contributed by atoms with Crippen molar-refractivity contribution in [3.05, 3.63) is 12.2 Å². The predicted molar refractivity (Wildman–Crippen MR) is 133 cm³/mol. The van der Waals surface area contributed by atoms with Crippen LogP contribution in [0.25, 0.3) is 0 Å². The van der Waals surface area contributed by atoms with Crippen molar-refractivity contribution in [3.63, 3.8) is 0 Å². The SMILES string of the molecule is CCCCCCCCC/C=C/CCCCCCCCCOC(=O)C1CCCCC1C(=O)O. The summed E-state index contributed by atoms with van der Waals surface area (Å²) in [5.74, 6) is -2.13. The quantitative estimate of drug-likeness (QED) is 0.115. The number of unbranched alkanes of at least 4 members (excludes halogenated alkanes) is 14. The lowest BCUT2D eigenvalue weighted by Gasteiger charge is -2.26. The molecule has 2 unspecified atom stereocenters. The maximum atomic E-state index is 12.2. The van der Waals surface area contributed by atoms with Crippen molar-refractivity contribution in [2.45, 2.75) is 135 Å². The van der Waals surface area contributed by atoms with Crippen LogP contribution >= 0.6 is 0 Å². The van der Waals surface area contributed by atoms with Crippen LogP contribution < -0.4 is 0 Å². The second-order valence-electron chi connectivity index (χ2n) is 9.65. The van der Waals surface area contributed by atoms with E-state index in [2.05, 4.69) is 19.1 Å². The molecule has 0 aromatic carbocycles. The van der Waals surface area contributed by atoms with Crippen LogP contribution in [0.15, 0.2) is 12.2 Å². The lowest BCUT2D eigenvalue weighted by molar-refractivity contribution is -0.159. The third kappa shape index (κ3) is 14.7. The van der Waals surface area contributed by atoms with Gasteiger partial charge in [-0.3, -0.25) is 9.59 Å². The Morgan fingerprint density at radius 1 is 0.719 bits per heavy atom. The number of carbonyl (C=O) groups excluding carboxylic acids is 1. The number of esters is 1. The molecular formula is C28H50O4. The van der Waals surface area contributed by atoms with Gasteiger partial charge in [-0.1, -0.05) is 103 Å². The molecule has 0 aromatic heterocycles. The van der Waals surface area contributed by atoms with E-state index in [1.165, 1.54) is 89.9 Å². The van der Waals surface area contributed by atoms with E-state index in [9.17, 15) is 14.7 Å². The highest BCUT2D eigenvalue weighted by Gasteiger charge is 2.36. The van der Waals surface area contributed by atoms with Crippen molar-refractivity contribution in [3.8, 4) is 0 Å². The topological polar surface area (TPSA) is 63.6 Å². The van der Waals surface area contributed by atoms with Gasteiger partial charge in [0.15, 0.2) is 0 Å². The Morgan fingerprint density at radius 3 is 1.72 bits per heavy atom. The maximum absolute atomic E-state index is 12.2. The molecular weight excluding hydrogens is 400 g/mol. The first kappa shape index (κ1) is 28.7. The summed E-state index contributed by atoms with van der Waals surface area (Å²) < 4.78 is 5.38. The highest BCUT2D eigenvalue weighted by molar-refractivity contribution is 5.81. The molecule has 0 amide bonds. The van der Waals surface area contributed by atoms with Crippen molar-refractivity contribution < 1.29 is 19.4 Å². The Balaban J connectivity index is 1.85. The molecule has 0 bridgehead atoms. The molecule has 32 heavy (non-hydrogen) atoms. The van der Waals surface area contributed by atoms with Gasteiger partial charge in [-0.25, -0.2) is 0 Å².